The Labute approximate surface area is 162 Å². The van der Waals surface area contributed by atoms with Gasteiger partial charge >= 0.3 is 11.9 Å². The molecule has 27 heavy (non-hydrogen) atoms. The van der Waals surface area contributed by atoms with Gasteiger partial charge in [-0.25, -0.2) is 9.59 Å². The highest BCUT2D eigenvalue weighted by Crippen LogP contribution is 2.26. The Balaban J connectivity index is 2.86. The molecule has 2 atom stereocenters. The Kier molecular flexibility index (Phi) is 8.44. The first-order chi connectivity index (χ1) is 12.5. The topological polar surface area (TPSA) is 87.9 Å². The van der Waals surface area contributed by atoms with E-state index in [4.69, 9.17) is 19.9 Å². The second kappa shape index (κ2) is 9.85. The highest BCUT2D eigenvalue weighted by atomic mass is 16.6. The van der Waals surface area contributed by atoms with Gasteiger partial charge in [0.1, 0.15) is 5.60 Å². The number of nitrogens with two attached hydrogens (primary N) is 1. The van der Waals surface area contributed by atoms with E-state index in [0.717, 1.165) is 5.56 Å². The zero-order valence-electron chi connectivity index (χ0n) is 17.3. The fraction of sp³-hybridized carbons (Fsp3) is 0.619. The molecule has 6 heteroatoms. The van der Waals surface area contributed by atoms with Gasteiger partial charge in [-0.1, -0.05) is 44.2 Å². The molecular formula is C21H33NO5. The maximum absolute atomic E-state index is 12.6. The van der Waals surface area contributed by atoms with Crippen molar-refractivity contribution in [3.8, 4) is 0 Å². The molecule has 0 aliphatic carbocycles. The Morgan fingerprint density at radius 3 is 2.15 bits per heavy atom. The first-order valence-electron chi connectivity index (χ1n) is 9.22. The molecule has 0 saturated heterocycles. The van der Waals surface area contributed by atoms with Gasteiger partial charge in [0.05, 0.1) is 20.3 Å². The van der Waals surface area contributed by atoms with Crippen LogP contribution in [0.25, 0.3) is 0 Å². The van der Waals surface area contributed by atoms with Crippen molar-refractivity contribution < 1.29 is 23.8 Å². The summed E-state index contributed by atoms with van der Waals surface area (Å²) in [5.41, 5.74) is 4.65. The summed E-state index contributed by atoms with van der Waals surface area (Å²) in [6.45, 7) is 10.0. The minimum absolute atomic E-state index is 0.0844. The number of esters is 2. The first kappa shape index (κ1) is 23.1. The van der Waals surface area contributed by atoms with Gasteiger partial charge in [-0.2, -0.15) is 0 Å². The van der Waals surface area contributed by atoms with Crippen LogP contribution in [0.2, 0.25) is 0 Å². The molecule has 2 N–H and O–H groups in total. The van der Waals surface area contributed by atoms with Crippen molar-refractivity contribution in [1.29, 1.82) is 0 Å². The summed E-state index contributed by atoms with van der Waals surface area (Å²) in [5, 5.41) is 0. The van der Waals surface area contributed by atoms with Crippen LogP contribution < -0.4 is 5.73 Å². The third-order valence-corrected chi connectivity index (χ3v) is 4.28. The van der Waals surface area contributed by atoms with E-state index in [9.17, 15) is 9.59 Å². The third kappa shape index (κ3) is 7.31. The lowest BCUT2D eigenvalue weighted by molar-refractivity contribution is -0.172. The van der Waals surface area contributed by atoms with E-state index in [0.29, 0.717) is 13.2 Å². The molecule has 0 bridgehead atoms. The fourth-order valence-corrected chi connectivity index (χ4v) is 2.60. The minimum Gasteiger partial charge on any atom is -0.467 e. The molecule has 0 radical (unpaired) electrons. The van der Waals surface area contributed by atoms with Crippen molar-refractivity contribution in [2.45, 2.75) is 58.8 Å². The Hall–Kier alpha value is -1.92. The van der Waals surface area contributed by atoms with E-state index < -0.39 is 23.1 Å². The second-order valence-electron chi connectivity index (χ2n) is 8.17. The van der Waals surface area contributed by atoms with Gasteiger partial charge in [-0.05, 0) is 44.6 Å². The normalized spacial score (nSPS) is 15.1. The smallest absolute Gasteiger partial charge is 0.338 e. The molecule has 1 aromatic carbocycles. The molecular weight excluding hydrogens is 346 g/mol. The number of carbonyl (C=O) groups excluding carboxylic acids is 2. The molecule has 0 aliphatic heterocycles. The average Bonchev–Trinajstić information content (AvgIpc) is 2.59. The third-order valence-electron chi connectivity index (χ3n) is 4.28. The molecule has 0 spiro atoms. The summed E-state index contributed by atoms with van der Waals surface area (Å²) in [6.07, 6.45) is 0.0844. The Bertz CT molecular complexity index is 609. The van der Waals surface area contributed by atoms with Crippen LogP contribution in [0.5, 0.6) is 0 Å². The fourth-order valence-electron chi connectivity index (χ4n) is 2.60. The molecule has 1 rings (SSSR count). The SMILES string of the molecule is COC(=O)C(N)(CC(COCc1ccccc1)C(C)C)C(=O)OC(C)(C)C. The maximum Gasteiger partial charge on any atom is 0.338 e. The number of hydrogen-bond donors (Lipinski definition) is 1. The van der Waals surface area contributed by atoms with Crippen LogP contribution in [0.1, 0.15) is 46.6 Å². The number of benzene rings is 1. The summed E-state index contributed by atoms with van der Waals surface area (Å²) >= 11 is 0. The standard InChI is InChI=1S/C21H33NO5/c1-15(2)17(14-26-13-16-10-8-7-9-11-16)12-21(22,18(23)25-6)19(24)27-20(3,4)5/h7-11,15,17H,12-14,22H2,1-6H3. The van der Waals surface area contributed by atoms with E-state index in [1.807, 2.05) is 44.2 Å². The average molecular weight is 379 g/mol. The van der Waals surface area contributed by atoms with E-state index in [2.05, 4.69) is 0 Å². The molecule has 6 nitrogen and oxygen atoms in total. The summed E-state index contributed by atoms with van der Waals surface area (Å²) in [7, 11) is 1.21. The molecule has 0 aromatic heterocycles. The number of methoxy groups -OCH3 is 1. The van der Waals surface area contributed by atoms with Crippen LogP contribution in [-0.2, 0) is 30.4 Å². The van der Waals surface area contributed by atoms with Crippen LogP contribution >= 0.6 is 0 Å². The van der Waals surface area contributed by atoms with E-state index in [1.165, 1.54) is 7.11 Å². The van der Waals surface area contributed by atoms with Gasteiger partial charge in [-0.3, -0.25) is 0 Å². The van der Waals surface area contributed by atoms with Crippen LogP contribution in [0.15, 0.2) is 30.3 Å². The van der Waals surface area contributed by atoms with Crippen molar-refractivity contribution in [2.75, 3.05) is 13.7 Å². The number of ether oxygens (including phenoxy) is 3. The van der Waals surface area contributed by atoms with Gasteiger partial charge in [0, 0.05) is 0 Å². The molecule has 0 aliphatic rings. The first-order valence-corrected chi connectivity index (χ1v) is 9.22. The zero-order chi connectivity index (χ0) is 20.7. The summed E-state index contributed by atoms with van der Waals surface area (Å²) in [6, 6.07) is 9.80. The van der Waals surface area contributed by atoms with Crippen molar-refractivity contribution in [3.05, 3.63) is 35.9 Å². The maximum atomic E-state index is 12.6. The van der Waals surface area contributed by atoms with Gasteiger partial charge < -0.3 is 19.9 Å². The van der Waals surface area contributed by atoms with Crippen molar-refractivity contribution in [2.24, 2.45) is 17.6 Å². The summed E-state index contributed by atoms with van der Waals surface area (Å²) in [5.74, 6) is -1.55. The lowest BCUT2D eigenvalue weighted by Crippen LogP contribution is -2.59. The lowest BCUT2D eigenvalue weighted by Gasteiger charge is -2.33. The van der Waals surface area contributed by atoms with Gasteiger partial charge in [0.15, 0.2) is 0 Å². The molecule has 0 heterocycles. The van der Waals surface area contributed by atoms with Crippen LogP contribution in [0, 0.1) is 11.8 Å². The van der Waals surface area contributed by atoms with E-state index in [1.54, 1.807) is 20.8 Å². The second-order valence-corrected chi connectivity index (χ2v) is 8.17. The minimum atomic E-state index is -1.87. The van der Waals surface area contributed by atoms with Crippen molar-refractivity contribution in [1.82, 2.24) is 0 Å². The molecule has 2 unspecified atom stereocenters. The van der Waals surface area contributed by atoms with Crippen LogP contribution in [-0.4, -0.2) is 36.8 Å². The lowest BCUT2D eigenvalue weighted by atomic mass is 9.82. The van der Waals surface area contributed by atoms with Crippen LogP contribution in [0.4, 0.5) is 0 Å². The van der Waals surface area contributed by atoms with Crippen molar-refractivity contribution in [3.63, 3.8) is 0 Å². The van der Waals surface area contributed by atoms with Crippen molar-refractivity contribution >= 4 is 11.9 Å². The molecule has 1 aromatic rings. The molecule has 0 saturated carbocycles. The highest BCUT2D eigenvalue weighted by Gasteiger charge is 2.48. The number of rotatable bonds is 9. The number of hydrogen-bond acceptors (Lipinski definition) is 6. The quantitative estimate of drug-likeness (QED) is 0.524. The van der Waals surface area contributed by atoms with Gasteiger partial charge in [0.25, 0.3) is 0 Å². The Morgan fingerprint density at radius 1 is 1.07 bits per heavy atom. The number of carbonyl (C=O) groups is 2. The van der Waals surface area contributed by atoms with E-state index >= 15 is 0 Å². The predicted octanol–water partition coefficient (Wildman–Crippen LogP) is 3.08. The molecule has 0 amide bonds. The monoisotopic (exact) mass is 379 g/mol. The zero-order valence-corrected chi connectivity index (χ0v) is 17.3. The summed E-state index contributed by atoms with van der Waals surface area (Å²) < 4.78 is 16.0. The van der Waals surface area contributed by atoms with E-state index in [-0.39, 0.29) is 18.3 Å². The molecule has 0 fully saturated rings. The highest BCUT2D eigenvalue weighted by molar-refractivity contribution is 6.04. The van der Waals surface area contributed by atoms with Gasteiger partial charge in [-0.15, -0.1) is 0 Å². The van der Waals surface area contributed by atoms with Crippen LogP contribution in [0.3, 0.4) is 0 Å². The summed E-state index contributed by atoms with van der Waals surface area (Å²) in [4.78, 5) is 25.0. The predicted molar refractivity (Wildman–Crippen MR) is 104 cm³/mol. The van der Waals surface area contributed by atoms with Gasteiger partial charge in [0.2, 0.25) is 5.54 Å². The Morgan fingerprint density at radius 2 is 1.67 bits per heavy atom. The largest absolute Gasteiger partial charge is 0.467 e. The molecule has 152 valence electrons.